The number of aliphatic carboxylic acids is 2. The first-order chi connectivity index (χ1) is 13.0. The van der Waals surface area contributed by atoms with E-state index in [1.54, 1.807) is 12.1 Å². The number of rotatable bonds is 7. The van der Waals surface area contributed by atoms with Gasteiger partial charge >= 0.3 is 11.9 Å². The van der Waals surface area contributed by atoms with Crippen molar-refractivity contribution >= 4 is 11.9 Å². The second-order valence-electron chi connectivity index (χ2n) is 7.61. The van der Waals surface area contributed by atoms with E-state index in [1.807, 2.05) is 26.2 Å². The zero-order chi connectivity index (χ0) is 21.3. The molecule has 1 aromatic carbocycles. The van der Waals surface area contributed by atoms with E-state index in [0.717, 1.165) is 37.8 Å². The van der Waals surface area contributed by atoms with Crippen LogP contribution in [0.5, 0.6) is 5.75 Å². The van der Waals surface area contributed by atoms with Crippen molar-refractivity contribution in [1.82, 2.24) is 4.90 Å². The maximum Gasteiger partial charge on any atom is 0.321 e. The van der Waals surface area contributed by atoms with Crippen molar-refractivity contribution in [2.24, 2.45) is 5.73 Å². The molecular formula is C20H32N2O6. The lowest BCUT2D eigenvalue weighted by atomic mass is 9.72. The third-order valence-electron chi connectivity index (χ3n) is 4.92. The van der Waals surface area contributed by atoms with Crippen molar-refractivity contribution < 1.29 is 30.0 Å². The average Bonchev–Trinajstić information content (AvgIpc) is 2.61. The van der Waals surface area contributed by atoms with Crippen LogP contribution in [0, 0.1) is 0 Å². The van der Waals surface area contributed by atoms with Crippen LogP contribution >= 0.6 is 0 Å². The zero-order valence-electron chi connectivity index (χ0n) is 16.5. The van der Waals surface area contributed by atoms with E-state index in [4.69, 9.17) is 15.9 Å². The highest BCUT2D eigenvalue weighted by molar-refractivity contribution is 5.80. The fraction of sp³-hybridized carbons (Fsp3) is 0.600. The molecule has 1 fully saturated rings. The molecule has 8 heteroatoms. The van der Waals surface area contributed by atoms with Gasteiger partial charge in [0, 0.05) is 12.5 Å². The number of phenolic OH excluding ortho intramolecular Hbond substituents is 1. The molecule has 1 aliphatic carbocycles. The Labute approximate surface area is 165 Å². The van der Waals surface area contributed by atoms with Crippen molar-refractivity contribution in [3.63, 3.8) is 0 Å². The van der Waals surface area contributed by atoms with Crippen molar-refractivity contribution in [2.75, 3.05) is 20.6 Å². The van der Waals surface area contributed by atoms with Crippen molar-refractivity contribution in [2.45, 2.75) is 56.1 Å². The summed E-state index contributed by atoms with van der Waals surface area (Å²) < 4.78 is 0. The first-order valence-electron chi connectivity index (χ1n) is 9.41. The number of aromatic hydroxyl groups is 1. The van der Waals surface area contributed by atoms with Crippen molar-refractivity contribution in [3.8, 4) is 5.75 Å². The Kier molecular flexibility index (Phi) is 9.37. The fourth-order valence-electron chi connectivity index (χ4n) is 3.45. The van der Waals surface area contributed by atoms with Gasteiger partial charge in [-0.05, 0) is 44.6 Å². The van der Waals surface area contributed by atoms with Gasteiger partial charge in [0.05, 0.1) is 12.0 Å². The van der Waals surface area contributed by atoms with Gasteiger partial charge in [-0.3, -0.25) is 9.59 Å². The first kappa shape index (κ1) is 23.9. The number of hydrogen-bond acceptors (Lipinski definition) is 6. The van der Waals surface area contributed by atoms with Crippen LogP contribution in [0.25, 0.3) is 0 Å². The highest BCUT2D eigenvalue weighted by atomic mass is 16.4. The van der Waals surface area contributed by atoms with Crippen LogP contribution in [0.15, 0.2) is 24.3 Å². The SMILES string of the molecule is CN(C)CC(c1ccc(O)cc1)C1(O)CCCCC1.N[C@@H](CC(=O)O)C(=O)O. The molecule has 1 unspecified atom stereocenters. The molecule has 8 nitrogen and oxygen atoms in total. The molecule has 0 bridgehead atoms. The monoisotopic (exact) mass is 396 g/mol. The van der Waals surface area contributed by atoms with Crippen LogP contribution in [-0.4, -0.2) is 69.5 Å². The molecule has 1 aromatic rings. The molecule has 28 heavy (non-hydrogen) atoms. The van der Waals surface area contributed by atoms with E-state index in [9.17, 15) is 19.8 Å². The van der Waals surface area contributed by atoms with Gasteiger partial charge in [-0.2, -0.15) is 0 Å². The van der Waals surface area contributed by atoms with Crippen LogP contribution in [0.2, 0.25) is 0 Å². The standard InChI is InChI=1S/C16H25NO2.C4H7NO4/c1-17(2)12-15(13-6-8-14(18)9-7-13)16(19)10-4-3-5-11-16;5-2(4(8)9)1-3(6)7/h6-9,15,18-19H,3-5,10-12H2,1-2H3;2H,1,5H2,(H,6,7)(H,8,9)/t;2-/m.0/s1. The maximum atomic E-state index is 11.0. The summed E-state index contributed by atoms with van der Waals surface area (Å²) in [5.41, 5.74) is 5.36. The molecule has 158 valence electrons. The predicted molar refractivity (Wildman–Crippen MR) is 105 cm³/mol. The molecule has 0 saturated heterocycles. The Bertz CT molecular complexity index is 626. The lowest BCUT2D eigenvalue weighted by molar-refractivity contribution is -0.144. The molecule has 0 heterocycles. The van der Waals surface area contributed by atoms with E-state index in [1.165, 1.54) is 6.42 Å². The van der Waals surface area contributed by atoms with Crippen LogP contribution in [-0.2, 0) is 9.59 Å². The number of nitrogens with zero attached hydrogens (tertiary/aromatic N) is 1. The smallest absolute Gasteiger partial charge is 0.321 e. The number of carboxylic acid groups (broad SMARTS) is 2. The highest BCUT2D eigenvalue weighted by Gasteiger charge is 2.38. The third kappa shape index (κ3) is 7.84. The summed E-state index contributed by atoms with van der Waals surface area (Å²) in [6.07, 6.45) is 4.68. The van der Waals surface area contributed by atoms with Crippen LogP contribution in [0.3, 0.4) is 0 Å². The molecule has 1 saturated carbocycles. The Morgan fingerprint density at radius 2 is 1.64 bits per heavy atom. The maximum absolute atomic E-state index is 11.0. The minimum Gasteiger partial charge on any atom is -0.508 e. The summed E-state index contributed by atoms with van der Waals surface area (Å²) in [5.74, 6) is -2.10. The molecule has 6 N–H and O–H groups in total. The average molecular weight is 396 g/mol. The normalized spacial score (nSPS) is 17.9. The molecule has 2 atom stereocenters. The Balaban J connectivity index is 0.000000370. The summed E-state index contributed by atoms with van der Waals surface area (Å²) in [5, 5.41) is 36.5. The summed E-state index contributed by atoms with van der Waals surface area (Å²) in [6, 6.07) is 6.02. The van der Waals surface area contributed by atoms with Crippen LogP contribution in [0.1, 0.15) is 50.0 Å². The highest BCUT2D eigenvalue weighted by Crippen LogP contribution is 2.40. The third-order valence-corrected chi connectivity index (χ3v) is 4.92. The summed E-state index contributed by atoms with van der Waals surface area (Å²) >= 11 is 0. The quantitative estimate of drug-likeness (QED) is 0.467. The van der Waals surface area contributed by atoms with E-state index in [-0.39, 0.29) is 11.7 Å². The number of carbonyl (C=O) groups is 2. The minimum absolute atomic E-state index is 0.114. The van der Waals surface area contributed by atoms with E-state index in [2.05, 4.69) is 4.90 Å². The predicted octanol–water partition coefficient (Wildman–Crippen LogP) is 1.61. The second-order valence-corrected chi connectivity index (χ2v) is 7.61. The largest absolute Gasteiger partial charge is 0.508 e. The number of phenols is 1. The molecule has 0 aliphatic heterocycles. The minimum atomic E-state index is -1.29. The first-order valence-corrected chi connectivity index (χ1v) is 9.41. The van der Waals surface area contributed by atoms with Gasteiger partial charge in [0.25, 0.3) is 0 Å². The Morgan fingerprint density at radius 1 is 1.11 bits per heavy atom. The van der Waals surface area contributed by atoms with E-state index >= 15 is 0 Å². The van der Waals surface area contributed by atoms with Crippen molar-refractivity contribution in [1.29, 1.82) is 0 Å². The van der Waals surface area contributed by atoms with E-state index in [0.29, 0.717) is 0 Å². The van der Waals surface area contributed by atoms with Crippen LogP contribution < -0.4 is 5.73 Å². The number of aliphatic hydroxyl groups is 1. The summed E-state index contributed by atoms with van der Waals surface area (Å²) in [7, 11) is 4.08. The van der Waals surface area contributed by atoms with Gasteiger partial charge in [0.15, 0.2) is 0 Å². The van der Waals surface area contributed by atoms with Gasteiger partial charge in [0.1, 0.15) is 11.8 Å². The fourth-order valence-corrected chi connectivity index (χ4v) is 3.45. The van der Waals surface area contributed by atoms with Crippen LogP contribution in [0.4, 0.5) is 0 Å². The molecule has 0 spiro atoms. The van der Waals surface area contributed by atoms with Gasteiger partial charge < -0.3 is 31.1 Å². The van der Waals surface area contributed by atoms with Crippen molar-refractivity contribution in [3.05, 3.63) is 29.8 Å². The Morgan fingerprint density at radius 3 is 2.04 bits per heavy atom. The Hall–Kier alpha value is -2.16. The number of benzene rings is 1. The van der Waals surface area contributed by atoms with Gasteiger partial charge in [0.2, 0.25) is 0 Å². The molecule has 0 amide bonds. The lowest BCUT2D eigenvalue weighted by Crippen LogP contribution is -2.42. The summed E-state index contributed by atoms with van der Waals surface area (Å²) in [4.78, 5) is 21.7. The second kappa shape index (κ2) is 11.0. The summed E-state index contributed by atoms with van der Waals surface area (Å²) in [6.45, 7) is 0.835. The number of carboxylic acids is 2. The molecule has 2 rings (SSSR count). The number of hydrogen-bond donors (Lipinski definition) is 5. The number of likely N-dealkylation sites (N-methyl/N-ethyl adjacent to an activating group) is 1. The van der Waals surface area contributed by atoms with Gasteiger partial charge in [-0.1, -0.05) is 31.4 Å². The van der Waals surface area contributed by atoms with E-state index < -0.39 is 30.0 Å². The van der Waals surface area contributed by atoms with Gasteiger partial charge in [-0.15, -0.1) is 0 Å². The molecule has 0 radical (unpaired) electrons. The molecular weight excluding hydrogens is 364 g/mol. The molecule has 1 aliphatic rings. The topological polar surface area (TPSA) is 144 Å². The van der Waals surface area contributed by atoms with Gasteiger partial charge in [-0.25, -0.2) is 0 Å². The zero-order valence-corrected chi connectivity index (χ0v) is 16.5. The number of nitrogens with two attached hydrogens (primary N) is 1. The molecule has 0 aromatic heterocycles. The lowest BCUT2D eigenvalue weighted by Gasteiger charge is -2.40.